The number of carbonyl (C=O) groups is 1. The molecular weight excluding hydrogens is 408 g/mol. The van der Waals surface area contributed by atoms with Gasteiger partial charge >= 0.3 is 6.18 Å². The van der Waals surface area contributed by atoms with E-state index in [0.29, 0.717) is 0 Å². The molecule has 168 valence electrons. The number of halogens is 4. The van der Waals surface area contributed by atoms with Crippen LogP contribution in [0, 0.1) is 12.7 Å². The number of aryl methyl sites for hydroxylation is 1. The van der Waals surface area contributed by atoms with Crippen LogP contribution in [0.25, 0.3) is 0 Å². The van der Waals surface area contributed by atoms with Crippen LogP contribution in [0.5, 0.6) is 0 Å². The van der Waals surface area contributed by atoms with Gasteiger partial charge in [0.1, 0.15) is 5.82 Å². The summed E-state index contributed by atoms with van der Waals surface area (Å²) in [4.78, 5) is 15.4. The molecule has 3 nitrogen and oxygen atoms in total. The Kier molecular flexibility index (Phi) is 6.46. The lowest BCUT2D eigenvalue weighted by Crippen LogP contribution is -2.55. The highest BCUT2D eigenvalue weighted by Crippen LogP contribution is 2.38. The van der Waals surface area contributed by atoms with Crippen LogP contribution in [0.2, 0.25) is 0 Å². The summed E-state index contributed by atoms with van der Waals surface area (Å²) in [6.45, 7) is 8.19. The Balaban J connectivity index is 2.06. The number of alkyl halides is 3. The SMILES string of the molecule is Cc1ccc(C(F)(F)F)c(C(=O)NC(c2ccccc2)C(C)(C)N2CCCC2C)c1F. The Labute approximate surface area is 180 Å². The number of benzene rings is 2. The van der Waals surface area contributed by atoms with Crippen LogP contribution < -0.4 is 5.32 Å². The minimum Gasteiger partial charge on any atom is -0.343 e. The van der Waals surface area contributed by atoms with E-state index < -0.39 is 40.6 Å². The second-order valence-electron chi connectivity index (χ2n) is 8.77. The van der Waals surface area contributed by atoms with E-state index in [1.54, 1.807) is 0 Å². The summed E-state index contributed by atoms with van der Waals surface area (Å²) in [5.41, 5.74) is -2.10. The normalized spacial score (nSPS) is 18.8. The molecular formula is C24H28F4N2O. The molecule has 2 unspecified atom stereocenters. The maximum Gasteiger partial charge on any atom is 0.417 e. The van der Waals surface area contributed by atoms with Crippen LogP contribution in [0.15, 0.2) is 42.5 Å². The summed E-state index contributed by atoms with van der Waals surface area (Å²) in [5.74, 6) is -2.21. The first-order valence-electron chi connectivity index (χ1n) is 10.4. The number of rotatable bonds is 5. The molecule has 1 fully saturated rings. The predicted molar refractivity (Wildman–Crippen MR) is 112 cm³/mol. The lowest BCUT2D eigenvalue weighted by Gasteiger charge is -2.45. The molecule has 0 radical (unpaired) electrons. The van der Waals surface area contributed by atoms with Gasteiger partial charge in [0.05, 0.1) is 17.2 Å². The lowest BCUT2D eigenvalue weighted by molar-refractivity contribution is -0.138. The zero-order valence-electron chi connectivity index (χ0n) is 18.2. The van der Waals surface area contributed by atoms with E-state index >= 15 is 0 Å². The topological polar surface area (TPSA) is 32.3 Å². The maximum atomic E-state index is 14.8. The van der Waals surface area contributed by atoms with E-state index in [-0.39, 0.29) is 11.6 Å². The van der Waals surface area contributed by atoms with Gasteiger partial charge < -0.3 is 5.32 Å². The summed E-state index contributed by atoms with van der Waals surface area (Å²) in [5, 5.41) is 2.75. The first-order valence-corrected chi connectivity index (χ1v) is 10.4. The Hall–Kier alpha value is -2.41. The minimum atomic E-state index is -4.84. The van der Waals surface area contributed by atoms with Gasteiger partial charge in [-0.15, -0.1) is 0 Å². The van der Waals surface area contributed by atoms with E-state index in [4.69, 9.17) is 0 Å². The van der Waals surface area contributed by atoms with Crippen molar-refractivity contribution in [1.29, 1.82) is 0 Å². The van der Waals surface area contributed by atoms with Gasteiger partial charge in [-0.25, -0.2) is 4.39 Å². The maximum absolute atomic E-state index is 14.8. The Morgan fingerprint density at radius 1 is 1.13 bits per heavy atom. The fourth-order valence-electron chi connectivity index (χ4n) is 4.61. The van der Waals surface area contributed by atoms with Gasteiger partial charge in [-0.2, -0.15) is 13.2 Å². The van der Waals surface area contributed by atoms with Gasteiger partial charge in [0.2, 0.25) is 0 Å². The van der Waals surface area contributed by atoms with Crippen molar-refractivity contribution in [2.75, 3.05) is 6.54 Å². The number of amides is 1. The monoisotopic (exact) mass is 436 g/mol. The second kappa shape index (κ2) is 8.61. The first-order chi connectivity index (χ1) is 14.4. The molecule has 2 aromatic rings. The van der Waals surface area contributed by atoms with E-state index in [2.05, 4.69) is 17.1 Å². The molecule has 1 saturated heterocycles. The average Bonchev–Trinajstić information content (AvgIpc) is 3.14. The van der Waals surface area contributed by atoms with Crippen molar-refractivity contribution in [2.24, 2.45) is 0 Å². The van der Waals surface area contributed by atoms with Crippen molar-refractivity contribution >= 4 is 5.91 Å². The standard InChI is InChI=1S/C24H28F4N2O/c1-15-12-13-18(24(26,27)28)19(20(15)25)22(31)29-21(17-10-6-5-7-11-17)23(3,4)30-14-8-9-16(30)2/h5-7,10-13,16,21H,8-9,14H2,1-4H3,(H,29,31). The Morgan fingerprint density at radius 3 is 2.32 bits per heavy atom. The van der Waals surface area contributed by atoms with Gasteiger partial charge in [-0.1, -0.05) is 36.4 Å². The van der Waals surface area contributed by atoms with Crippen LogP contribution in [-0.2, 0) is 6.18 Å². The number of carbonyl (C=O) groups excluding carboxylic acids is 1. The van der Waals surface area contributed by atoms with Crippen molar-refractivity contribution in [2.45, 2.75) is 64.3 Å². The van der Waals surface area contributed by atoms with E-state index in [9.17, 15) is 22.4 Å². The highest BCUT2D eigenvalue weighted by atomic mass is 19.4. The molecule has 31 heavy (non-hydrogen) atoms. The van der Waals surface area contributed by atoms with Crippen molar-refractivity contribution in [3.05, 3.63) is 70.5 Å². The molecule has 3 rings (SSSR count). The molecule has 1 amide bonds. The summed E-state index contributed by atoms with van der Waals surface area (Å²) in [6.07, 6.45) is -2.84. The van der Waals surface area contributed by atoms with Crippen molar-refractivity contribution in [1.82, 2.24) is 10.2 Å². The zero-order chi connectivity index (χ0) is 23.0. The van der Waals surface area contributed by atoms with Crippen LogP contribution in [0.4, 0.5) is 17.6 Å². The largest absolute Gasteiger partial charge is 0.417 e. The molecule has 1 aliphatic heterocycles. The van der Waals surface area contributed by atoms with Crippen molar-refractivity contribution in [3.63, 3.8) is 0 Å². The fraction of sp³-hybridized carbons (Fsp3) is 0.458. The van der Waals surface area contributed by atoms with E-state index in [1.807, 2.05) is 44.2 Å². The number of hydrogen-bond donors (Lipinski definition) is 1. The average molecular weight is 436 g/mol. The van der Waals surface area contributed by atoms with Gasteiger partial charge in [0.15, 0.2) is 0 Å². The van der Waals surface area contributed by atoms with Crippen LogP contribution in [0.3, 0.4) is 0 Å². The van der Waals surface area contributed by atoms with Gasteiger partial charge in [0.25, 0.3) is 5.91 Å². The molecule has 0 bridgehead atoms. The van der Waals surface area contributed by atoms with Crippen molar-refractivity contribution in [3.8, 4) is 0 Å². The Morgan fingerprint density at radius 2 is 1.77 bits per heavy atom. The number of nitrogens with one attached hydrogen (secondary N) is 1. The third kappa shape index (κ3) is 4.61. The molecule has 0 aliphatic carbocycles. The number of hydrogen-bond acceptors (Lipinski definition) is 2. The fourth-order valence-corrected chi connectivity index (χ4v) is 4.61. The Bertz CT molecular complexity index is 941. The number of nitrogens with zero attached hydrogens (tertiary/aromatic N) is 1. The van der Waals surface area contributed by atoms with Gasteiger partial charge in [-0.05, 0) is 64.3 Å². The summed E-state index contributed by atoms with van der Waals surface area (Å²) < 4.78 is 55.5. The zero-order valence-corrected chi connectivity index (χ0v) is 18.2. The van der Waals surface area contributed by atoms with Gasteiger partial charge in [-0.3, -0.25) is 9.69 Å². The minimum absolute atomic E-state index is 0.0122. The predicted octanol–water partition coefficient (Wildman–Crippen LogP) is 5.89. The van der Waals surface area contributed by atoms with Crippen molar-refractivity contribution < 1.29 is 22.4 Å². The molecule has 0 spiro atoms. The molecule has 2 aromatic carbocycles. The summed E-state index contributed by atoms with van der Waals surface area (Å²) in [6, 6.07) is 10.5. The molecule has 2 atom stereocenters. The van der Waals surface area contributed by atoms with Crippen LogP contribution in [-0.4, -0.2) is 28.9 Å². The molecule has 0 aromatic heterocycles. The summed E-state index contributed by atoms with van der Waals surface area (Å²) in [7, 11) is 0. The lowest BCUT2D eigenvalue weighted by atomic mass is 9.85. The first kappa shape index (κ1) is 23.3. The molecule has 1 aliphatic rings. The molecule has 1 heterocycles. The third-order valence-electron chi connectivity index (χ3n) is 6.28. The summed E-state index contributed by atoms with van der Waals surface area (Å²) >= 11 is 0. The molecule has 1 N–H and O–H groups in total. The second-order valence-corrected chi connectivity index (χ2v) is 8.77. The van der Waals surface area contributed by atoms with Crippen LogP contribution in [0.1, 0.15) is 66.7 Å². The van der Waals surface area contributed by atoms with E-state index in [1.165, 1.54) is 6.92 Å². The highest BCUT2D eigenvalue weighted by Gasteiger charge is 2.43. The highest BCUT2D eigenvalue weighted by molar-refractivity contribution is 5.96. The van der Waals surface area contributed by atoms with Crippen LogP contribution >= 0.6 is 0 Å². The molecule has 0 saturated carbocycles. The third-order valence-corrected chi connectivity index (χ3v) is 6.28. The van der Waals surface area contributed by atoms with E-state index in [0.717, 1.165) is 37.1 Å². The van der Waals surface area contributed by atoms with Gasteiger partial charge in [0, 0.05) is 11.6 Å². The molecule has 7 heteroatoms. The smallest absolute Gasteiger partial charge is 0.343 e. The number of likely N-dealkylation sites (tertiary alicyclic amines) is 1. The quantitative estimate of drug-likeness (QED) is 0.593.